The normalized spacial score (nSPS) is 11.2. The van der Waals surface area contributed by atoms with Crippen LogP contribution in [0.25, 0.3) is 0 Å². The summed E-state index contributed by atoms with van der Waals surface area (Å²) >= 11 is 0. The Bertz CT molecular complexity index is 288. The Morgan fingerprint density at radius 2 is 1.92 bits per heavy atom. The van der Waals surface area contributed by atoms with E-state index in [4.69, 9.17) is 0 Å². The van der Waals surface area contributed by atoms with Crippen LogP contribution in [0.1, 0.15) is 0 Å². The van der Waals surface area contributed by atoms with Crippen molar-refractivity contribution in [3.05, 3.63) is 30.3 Å². The van der Waals surface area contributed by atoms with Crippen LogP contribution in [0.5, 0.6) is 0 Å². The number of rotatable bonds is 3. The smallest absolute Gasteiger partial charge is 0.203 e. The van der Waals surface area contributed by atoms with E-state index >= 15 is 0 Å². The summed E-state index contributed by atoms with van der Waals surface area (Å²) in [6.45, 7) is 0. The molecule has 0 aliphatic heterocycles. The fourth-order valence-corrected chi connectivity index (χ4v) is 0.835. The number of nitrogens with zero attached hydrogens (tertiary/aromatic N) is 2. The van der Waals surface area contributed by atoms with Gasteiger partial charge >= 0.3 is 0 Å². The summed E-state index contributed by atoms with van der Waals surface area (Å²) in [5.41, 5.74) is 1.06. The van der Waals surface area contributed by atoms with Crippen molar-refractivity contribution in [2.75, 3.05) is 14.1 Å². The van der Waals surface area contributed by atoms with E-state index in [9.17, 15) is 0 Å². The lowest BCUT2D eigenvalue weighted by molar-refractivity contribution is -0.345. The molecule has 0 aliphatic rings. The molecule has 0 amide bonds. The Morgan fingerprint density at radius 1 is 1.23 bits per heavy atom. The zero-order valence-electron chi connectivity index (χ0n) is 7.94. The van der Waals surface area contributed by atoms with E-state index in [-0.39, 0.29) is 0 Å². The van der Waals surface area contributed by atoms with E-state index < -0.39 is 0 Å². The summed E-state index contributed by atoms with van der Waals surface area (Å²) in [6, 6.07) is 9.96. The van der Waals surface area contributed by atoms with Crippen LogP contribution < -0.4 is 4.99 Å². The van der Waals surface area contributed by atoms with Crippen molar-refractivity contribution in [1.82, 2.24) is 5.01 Å². The minimum atomic E-state index is 1.06. The van der Waals surface area contributed by atoms with Crippen LogP contribution in [0.3, 0.4) is 0 Å². The first-order valence-electron chi connectivity index (χ1n) is 4.14. The number of benzene rings is 1. The highest BCUT2D eigenvalue weighted by molar-refractivity contribution is 6.13. The highest BCUT2D eigenvalue weighted by atomic mass is 15.4. The molecule has 0 bridgehead atoms. The second-order valence-electron chi connectivity index (χ2n) is 2.79. The second-order valence-corrected chi connectivity index (χ2v) is 2.79. The van der Waals surface area contributed by atoms with Gasteiger partial charge in [-0.1, -0.05) is 18.2 Å². The summed E-state index contributed by atoms with van der Waals surface area (Å²) < 4.78 is 0. The van der Waals surface area contributed by atoms with Crippen molar-refractivity contribution in [2.24, 2.45) is 5.10 Å². The van der Waals surface area contributed by atoms with Crippen molar-refractivity contribution in [3.63, 3.8) is 0 Å². The molecular weight excluding hydrogens is 162 g/mol. The van der Waals surface area contributed by atoms with E-state index in [1.54, 1.807) is 17.4 Å². The SMILES string of the molecule is CN(C)/N=C/C=[NH+]c1ccccc1. The zero-order valence-corrected chi connectivity index (χ0v) is 7.94. The van der Waals surface area contributed by atoms with Crippen molar-refractivity contribution in [2.45, 2.75) is 0 Å². The molecule has 3 nitrogen and oxygen atoms in total. The van der Waals surface area contributed by atoms with Gasteiger partial charge < -0.3 is 5.01 Å². The van der Waals surface area contributed by atoms with Crippen molar-refractivity contribution in [1.29, 1.82) is 0 Å². The van der Waals surface area contributed by atoms with E-state index in [0.717, 1.165) is 5.69 Å². The van der Waals surface area contributed by atoms with Gasteiger partial charge in [0.1, 0.15) is 6.21 Å². The second kappa shape index (κ2) is 5.09. The third-order valence-electron chi connectivity index (χ3n) is 1.40. The molecule has 0 aliphatic carbocycles. The van der Waals surface area contributed by atoms with Gasteiger partial charge in [0, 0.05) is 26.2 Å². The average Bonchev–Trinajstić information content (AvgIpc) is 2.14. The molecule has 0 aromatic heterocycles. The van der Waals surface area contributed by atoms with Gasteiger partial charge in [0.05, 0.1) is 0 Å². The summed E-state index contributed by atoms with van der Waals surface area (Å²) in [6.07, 6.45) is 3.52. The highest BCUT2D eigenvalue weighted by Crippen LogP contribution is 1.94. The first-order chi connectivity index (χ1) is 6.29. The maximum atomic E-state index is 4.03. The fourth-order valence-electron chi connectivity index (χ4n) is 0.835. The average molecular weight is 176 g/mol. The van der Waals surface area contributed by atoms with Crippen LogP contribution in [0.15, 0.2) is 35.4 Å². The van der Waals surface area contributed by atoms with Gasteiger partial charge in [0.25, 0.3) is 0 Å². The van der Waals surface area contributed by atoms with Crippen LogP contribution in [0.4, 0.5) is 5.69 Å². The molecule has 0 saturated heterocycles. The standard InChI is InChI=1S/C10H13N3/c1-13(2)12-9-8-11-10-6-4-3-5-7-10/h3-9H,1-2H3/p+1/b11-8?,12-9+. The third kappa shape index (κ3) is 4.06. The van der Waals surface area contributed by atoms with Gasteiger partial charge in [0.2, 0.25) is 5.69 Å². The molecule has 13 heavy (non-hydrogen) atoms. The third-order valence-corrected chi connectivity index (χ3v) is 1.40. The molecule has 1 aromatic rings. The van der Waals surface area contributed by atoms with Gasteiger partial charge in [-0.3, -0.25) is 0 Å². The number of nitrogens with one attached hydrogen (secondary N) is 1. The Kier molecular flexibility index (Phi) is 3.70. The van der Waals surface area contributed by atoms with Crippen LogP contribution in [-0.2, 0) is 0 Å². The zero-order chi connectivity index (χ0) is 9.52. The molecule has 0 radical (unpaired) electrons. The maximum Gasteiger partial charge on any atom is 0.203 e. The molecule has 0 unspecified atom stereocenters. The van der Waals surface area contributed by atoms with Crippen LogP contribution >= 0.6 is 0 Å². The number of hydrogen-bond donors (Lipinski definition) is 1. The van der Waals surface area contributed by atoms with Crippen molar-refractivity contribution < 1.29 is 4.99 Å². The van der Waals surface area contributed by atoms with E-state index in [1.807, 2.05) is 44.4 Å². The Hall–Kier alpha value is -1.64. The fraction of sp³-hybridized carbons (Fsp3) is 0.200. The Labute approximate surface area is 78.4 Å². The lowest BCUT2D eigenvalue weighted by atomic mass is 10.3. The van der Waals surface area contributed by atoms with Gasteiger partial charge in [-0.15, -0.1) is 0 Å². The largest absolute Gasteiger partial charge is 0.303 e. The molecule has 0 saturated carbocycles. The molecular formula is C10H14N3+. The Balaban J connectivity index is 2.50. The maximum absolute atomic E-state index is 4.03. The van der Waals surface area contributed by atoms with E-state index in [0.29, 0.717) is 0 Å². The molecule has 3 heteroatoms. The summed E-state index contributed by atoms with van der Waals surface area (Å²) in [5, 5.41) is 5.77. The predicted octanol–water partition coefficient (Wildman–Crippen LogP) is 0.0169. The summed E-state index contributed by atoms with van der Waals surface area (Å²) in [4.78, 5) is 3.10. The highest BCUT2D eigenvalue weighted by Gasteiger charge is 1.87. The van der Waals surface area contributed by atoms with Crippen LogP contribution in [0.2, 0.25) is 0 Å². The molecule has 1 aromatic carbocycles. The minimum absolute atomic E-state index is 1.06. The lowest BCUT2D eigenvalue weighted by Gasteiger charge is -1.98. The van der Waals surface area contributed by atoms with E-state index in [1.165, 1.54) is 0 Å². The first-order valence-corrected chi connectivity index (χ1v) is 4.14. The van der Waals surface area contributed by atoms with Gasteiger partial charge in [-0.25, -0.2) is 4.99 Å². The number of para-hydroxylation sites is 1. The molecule has 1 N–H and O–H groups in total. The molecule has 0 fully saturated rings. The molecule has 68 valence electrons. The molecule has 0 atom stereocenters. The van der Waals surface area contributed by atoms with Gasteiger partial charge in [-0.2, -0.15) is 5.10 Å². The molecule has 1 rings (SSSR count). The lowest BCUT2D eigenvalue weighted by Crippen LogP contribution is -2.61. The predicted molar refractivity (Wildman–Crippen MR) is 55.3 cm³/mol. The van der Waals surface area contributed by atoms with E-state index in [2.05, 4.69) is 10.1 Å². The molecule has 0 heterocycles. The van der Waals surface area contributed by atoms with Crippen molar-refractivity contribution >= 4 is 18.1 Å². The quantitative estimate of drug-likeness (QED) is 0.510. The molecule has 0 spiro atoms. The Morgan fingerprint density at radius 3 is 2.54 bits per heavy atom. The first kappa shape index (κ1) is 9.45. The van der Waals surface area contributed by atoms with Crippen molar-refractivity contribution in [3.8, 4) is 0 Å². The van der Waals surface area contributed by atoms with Gasteiger partial charge in [-0.05, 0) is 0 Å². The summed E-state index contributed by atoms with van der Waals surface area (Å²) in [5.74, 6) is 0. The van der Waals surface area contributed by atoms with Crippen LogP contribution in [0, 0.1) is 0 Å². The van der Waals surface area contributed by atoms with Crippen LogP contribution in [-0.4, -0.2) is 31.5 Å². The monoisotopic (exact) mass is 176 g/mol. The topological polar surface area (TPSA) is 29.6 Å². The minimum Gasteiger partial charge on any atom is -0.303 e. The summed E-state index contributed by atoms with van der Waals surface area (Å²) in [7, 11) is 3.76. The number of hydrazone groups is 1. The van der Waals surface area contributed by atoms with Gasteiger partial charge in [0.15, 0.2) is 6.21 Å². The number of hydrogen-bond acceptors (Lipinski definition) is 2.